The second-order valence-corrected chi connectivity index (χ2v) is 4.84. The molecule has 4 nitrogen and oxygen atoms in total. The van der Waals surface area contributed by atoms with Crippen LogP contribution in [0.2, 0.25) is 0 Å². The van der Waals surface area contributed by atoms with Crippen molar-refractivity contribution in [2.24, 2.45) is 17.0 Å². The lowest BCUT2D eigenvalue weighted by Crippen LogP contribution is -2.26. The van der Waals surface area contributed by atoms with E-state index in [0.29, 0.717) is 11.8 Å². The molecule has 2 fully saturated rings. The van der Waals surface area contributed by atoms with Gasteiger partial charge in [0, 0.05) is 24.7 Å². The molecule has 1 heterocycles. The molecule has 0 amide bonds. The number of aromatic nitrogens is 2. The SMILES string of the molecule is CCc1nccn1[C@H]1/C(=N\O)[C@H]2CC[C@H]1C2. The van der Waals surface area contributed by atoms with E-state index in [9.17, 15) is 5.21 Å². The van der Waals surface area contributed by atoms with Crippen molar-refractivity contribution < 1.29 is 5.21 Å². The normalized spacial score (nSPS) is 35.1. The van der Waals surface area contributed by atoms with Gasteiger partial charge in [-0.15, -0.1) is 0 Å². The summed E-state index contributed by atoms with van der Waals surface area (Å²) in [5.74, 6) is 2.25. The van der Waals surface area contributed by atoms with Crippen LogP contribution in [-0.4, -0.2) is 20.5 Å². The Labute approximate surface area is 95.0 Å². The second-order valence-electron chi connectivity index (χ2n) is 4.84. The average Bonchev–Trinajstić information content (AvgIpc) is 3.01. The predicted octanol–water partition coefficient (Wildman–Crippen LogP) is 2.25. The monoisotopic (exact) mass is 219 g/mol. The first kappa shape index (κ1) is 9.87. The quantitative estimate of drug-likeness (QED) is 0.612. The number of hydrogen-bond acceptors (Lipinski definition) is 3. The van der Waals surface area contributed by atoms with Crippen LogP contribution in [0.3, 0.4) is 0 Å². The van der Waals surface area contributed by atoms with Crippen LogP contribution in [-0.2, 0) is 6.42 Å². The summed E-state index contributed by atoms with van der Waals surface area (Å²) in [6, 6.07) is 0.265. The lowest BCUT2D eigenvalue weighted by molar-refractivity contribution is 0.306. The van der Waals surface area contributed by atoms with Gasteiger partial charge >= 0.3 is 0 Å². The highest BCUT2D eigenvalue weighted by atomic mass is 16.4. The smallest absolute Gasteiger partial charge is 0.108 e. The molecule has 2 aliphatic carbocycles. The van der Waals surface area contributed by atoms with Crippen molar-refractivity contribution in [1.82, 2.24) is 9.55 Å². The van der Waals surface area contributed by atoms with E-state index in [1.54, 1.807) is 0 Å². The minimum Gasteiger partial charge on any atom is -0.411 e. The Balaban J connectivity index is 2.00. The van der Waals surface area contributed by atoms with Crippen LogP contribution < -0.4 is 0 Å². The van der Waals surface area contributed by atoms with Crippen molar-refractivity contribution in [3.63, 3.8) is 0 Å². The van der Waals surface area contributed by atoms with E-state index in [1.165, 1.54) is 19.3 Å². The van der Waals surface area contributed by atoms with E-state index in [-0.39, 0.29) is 6.04 Å². The third kappa shape index (κ3) is 1.22. The minimum absolute atomic E-state index is 0.265. The Morgan fingerprint density at radius 1 is 1.56 bits per heavy atom. The fourth-order valence-electron chi connectivity index (χ4n) is 3.44. The Morgan fingerprint density at radius 3 is 3.19 bits per heavy atom. The molecule has 0 aliphatic heterocycles. The number of imidazole rings is 1. The van der Waals surface area contributed by atoms with Gasteiger partial charge in [-0.25, -0.2) is 4.98 Å². The zero-order valence-corrected chi connectivity index (χ0v) is 9.50. The fourth-order valence-corrected chi connectivity index (χ4v) is 3.44. The van der Waals surface area contributed by atoms with Crippen LogP contribution in [0.1, 0.15) is 38.1 Å². The zero-order valence-electron chi connectivity index (χ0n) is 9.50. The van der Waals surface area contributed by atoms with E-state index in [0.717, 1.165) is 18.0 Å². The Kier molecular flexibility index (Phi) is 2.23. The Hall–Kier alpha value is -1.32. The van der Waals surface area contributed by atoms with Crippen molar-refractivity contribution in [1.29, 1.82) is 0 Å². The molecule has 1 N–H and O–H groups in total. The molecule has 2 saturated carbocycles. The lowest BCUT2D eigenvalue weighted by Gasteiger charge is -2.25. The van der Waals surface area contributed by atoms with Crippen molar-refractivity contribution in [3.8, 4) is 0 Å². The van der Waals surface area contributed by atoms with Crippen LogP contribution in [0.4, 0.5) is 0 Å². The topological polar surface area (TPSA) is 50.4 Å². The fraction of sp³-hybridized carbons (Fsp3) is 0.667. The first-order valence-electron chi connectivity index (χ1n) is 6.08. The number of fused-ring (bicyclic) bond motifs is 2. The Bertz CT molecular complexity index is 424. The highest BCUT2D eigenvalue weighted by Gasteiger charge is 2.46. The zero-order chi connectivity index (χ0) is 11.1. The molecule has 1 aromatic heterocycles. The number of aryl methyl sites for hydroxylation is 1. The summed E-state index contributed by atoms with van der Waals surface area (Å²) in [6.07, 6.45) is 8.44. The molecule has 0 saturated heterocycles. The van der Waals surface area contributed by atoms with Crippen molar-refractivity contribution in [3.05, 3.63) is 18.2 Å². The Morgan fingerprint density at radius 2 is 2.44 bits per heavy atom. The third-order valence-corrected chi connectivity index (χ3v) is 4.12. The molecule has 0 spiro atoms. The number of hydrogen-bond donors (Lipinski definition) is 1. The van der Waals surface area contributed by atoms with Crippen LogP contribution >= 0.6 is 0 Å². The van der Waals surface area contributed by atoms with Crippen LogP contribution in [0.15, 0.2) is 17.5 Å². The first-order chi connectivity index (χ1) is 7.85. The van der Waals surface area contributed by atoms with Crippen molar-refractivity contribution in [2.75, 3.05) is 0 Å². The van der Waals surface area contributed by atoms with Gasteiger partial charge in [-0.05, 0) is 25.2 Å². The number of oxime groups is 1. The molecule has 3 rings (SSSR count). The molecule has 1 aromatic rings. The summed E-state index contributed by atoms with van der Waals surface area (Å²) in [6.45, 7) is 2.11. The average molecular weight is 219 g/mol. The highest BCUT2D eigenvalue weighted by Crippen LogP contribution is 2.49. The summed E-state index contributed by atoms with van der Waals surface area (Å²) >= 11 is 0. The van der Waals surface area contributed by atoms with Gasteiger partial charge in [-0.2, -0.15) is 0 Å². The number of nitrogens with zero attached hydrogens (tertiary/aromatic N) is 3. The van der Waals surface area contributed by atoms with E-state index < -0.39 is 0 Å². The van der Waals surface area contributed by atoms with Crippen LogP contribution in [0.5, 0.6) is 0 Å². The molecular weight excluding hydrogens is 202 g/mol. The van der Waals surface area contributed by atoms with Crippen LogP contribution in [0.25, 0.3) is 0 Å². The van der Waals surface area contributed by atoms with E-state index in [2.05, 4.69) is 21.6 Å². The summed E-state index contributed by atoms with van der Waals surface area (Å²) < 4.78 is 2.21. The van der Waals surface area contributed by atoms with E-state index in [1.807, 2.05) is 12.4 Å². The summed E-state index contributed by atoms with van der Waals surface area (Å²) in [5, 5.41) is 12.7. The molecule has 2 aliphatic rings. The molecule has 0 aromatic carbocycles. The largest absolute Gasteiger partial charge is 0.411 e. The first-order valence-corrected chi connectivity index (χ1v) is 6.08. The van der Waals surface area contributed by atoms with Gasteiger partial charge in [0.2, 0.25) is 0 Å². The highest BCUT2D eigenvalue weighted by molar-refractivity contribution is 5.93. The summed E-state index contributed by atoms with van der Waals surface area (Å²) in [5.41, 5.74) is 0.976. The van der Waals surface area contributed by atoms with Crippen LogP contribution in [0, 0.1) is 11.8 Å². The number of rotatable bonds is 2. The minimum atomic E-state index is 0.265. The molecule has 0 radical (unpaired) electrons. The maximum atomic E-state index is 9.18. The maximum Gasteiger partial charge on any atom is 0.108 e. The summed E-state index contributed by atoms with van der Waals surface area (Å²) in [4.78, 5) is 4.36. The molecule has 0 unspecified atom stereocenters. The molecular formula is C12H17N3O. The van der Waals surface area contributed by atoms with Gasteiger partial charge in [0.25, 0.3) is 0 Å². The molecule has 4 heteroatoms. The molecule has 16 heavy (non-hydrogen) atoms. The molecule has 86 valence electrons. The maximum absolute atomic E-state index is 9.18. The molecule has 3 atom stereocenters. The standard InChI is InChI=1S/C12H17N3O/c1-2-10-13-5-6-15(10)12-9-4-3-8(7-9)11(12)14-16/h5-6,8-9,12,16H,2-4,7H2,1H3/b14-11-/t8-,9-,12+/m0/s1. The van der Waals surface area contributed by atoms with Gasteiger partial charge in [-0.3, -0.25) is 0 Å². The van der Waals surface area contributed by atoms with Gasteiger partial charge in [0.1, 0.15) is 5.82 Å². The van der Waals surface area contributed by atoms with Crippen molar-refractivity contribution in [2.45, 2.75) is 38.6 Å². The predicted molar refractivity (Wildman–Crippen MR) is 60.7 cm³/mol. The lowest BCUT2D eigenvalue weighted by atomic mass is 9.93. The van der Waals surface area contributed by atoms with Gasteiger partial charge in [0.05, 0.1) is 11.8 Å². The van der Waals surface area contributed by atoms with E-state index >= 15 is 0 Å². The van der Waals surface area contributed by atoms with Gasteiger partial charge < -0.3 is 9.77 Å². The van der Waals surface area contributed by atoms with Gasteiger partial charge in [-0.1, -0.05) is 12.1 Å². The third-order valence-electron chi connectivity index (χ3n) is 4.12. The van der Waals surface area contributed by atoms with Crippen molar-refractivity contribution >= 4 is 5.71 Å². The van der Waals surface area contributed by atoms with E-state index in [4.69, 9.17) is 0 Å². The van der Waals surface area contributed by atoms with Gasteiger partial charge in [0.15, 0.2) is 0 Å². The summed E-state index contributed by atoms with van der Waals surface area (Å²) in [7, 11) is 0. The molecule has 2 bridgehead atoms. The second kappa shape index (κ2) is 3.61.